The molecule has 0 unspecified atom stereocenters. The van der Waals surface area contributed by atoms with Crippen LogP contribution >= 0.6 is 18.5 Å². The average Bonchev–Trinajstić information content (AvgIpc) is 3.15. The third-order valence-corrected chi connectivity index (χ3v) is 10.2. The Morgan fingerprint density at radius 1 is 1.18 bits per heavy atom. The van der Waals surface area contributed by atoms with E-state index in [4.69, 9.17) is 4.74 Å². The summed E-state index contributed by atoms with van der Waals surface area (Å²) in [6.45, 7) is 5.84. The Bertz CT molecular complexity index is 1490. The molecule has 10 heteroatoms. The first-order valence-corrected chi connectivity index (χ1v) is 16.3. The molecule has 1 saturated carbocycles. The number of halogens is 3. The summed E-state index contributed by atoms with van der Waals surface area (Å²) in [5, 5.41) is 8.08. The summed E-state index contributed by atoms with van der Waals surface area (Å²) < 4.78 is 59.3. The van der Waals surface area contributed by atoms with Crippen LogP contribution in [0.5, 0.6) is 5.75 Å². The molecule has 5 rings (SSSR count). The second-order valence-corrected chi connectivity index (χ2v) is 15.4. The maximum atomic E-state index is 13.6. The number of thiophene rings is 1. The minimum absolute atomic E-state index is 0.217. The number of hydrogen-bond acceptors (Lipinski definition) is 6. The molecule has 0 atom stereocenters. The maximum Gasteiger partial charge on any atom is 0.393 e. The summed E-state index contributed by atoms with van der Waals surface area (Å²) in [7, 11) is 1.22. The maximum absolute atomic E-state index is 13.6. The normalized spacial score (nSPS) is 17.3. The van der Waals surface area contributed by atoms with Crippen molar-refractivity contribution in [3.63, 3.8) is 0 Å². The zero-order valence-corrected chi connectivity index (χ0v) is 24.2. The SMILES string of the molecule is COc1cc(P(C)(C)=O)ccc1NCC#Cc1sc2c(NC3CC4(C3)CN(C)C4)cccc2c1CC(F)(F)F. The first kappa shape index (κ1) is 27.9. The van der Waals surface area contributed by atoms with Crippen LogP contribution in [-0.2, 0) is 11.0 Å². The molecule has 2 fully saturated rings. The van der Waals surface area contributed by atoms with Gasteiger partial charge in [0.05, 0.1) is 41.0 Å². The second kappa shape index (κ2) is 10.4. The van der Waals surface area contributed by atoms with Crippen molar-refractivity contribution in [1.82, 2.24) is 4.90 Å². The summed E-state index contributed by atoms with van der Waals surface area (Å²) in [5.41, 5.74) is 2.20. The van der Waals surface area contributed by atoms with Crippen molar-refractivity contribution in [2.75, 3.05) is 57.8 Å². The van der Waals surface area contributed by atoms with E-state index >= 15 is 0 Å². The lowest BCUT2D eigenvalue weighted by atomic mass is 9.61. The van der Waals surface area contributed by atoms with Crippen molar-refractivity contribution in [3.8, 4) is 17.6 Å². The van der Waals surface area contributed by atoms with Gasteiger partial charge < -0.3 is 24.8 Å². The molecule has 5 nitrogen and oxygen atoms in total. The Kier molecular flexibility index (Phi) is 7.43. The van der Waals surface area contributed by atoms with Gasteiger partial charge in [-0.15, -0.1) is 11.3 Å². The van der Waals surface area contributed by atoms with E-state index < -0.39 is 19.7 Å². The molecular formula is C29H33F3N3O2PS. The van der Waals surface area contributed by atoms with Crippen molar-refractivity contribution >= 4 is 45.2 Å². The predicted molar refractivity (Wildman–Crippen MR) is 156 cm³/mol. The fourth-order valence-corrected chi connectivity index (χ4v) is 7.88. The third kappa shape index (κ3) is 6.09. The van der Waals surface area contributed by atoms with E-state index in [-0.39, 0.29) is 12.1 Å². The molecule has 2 N–H and O–H groups in total. The zero-order chi connectivity index (χ0) is 28.0. The second-order valence-electron chi connectivity index (χ2n) is 11.2. The van der Waals surface area contributed by atoms with Gasteiger partial charge in [0.1, 0.15) is 12.9 Å². The highest BCUT2D eigenvalue weighted by Gasteiger charge is 2.51. The van der Waals surface area contributed by atoms with Crippen molar-refractivity contribution in [3.05, 3.63) is 46.8 Å². The van der Waals surface area contributed by atoms with Gasteiger partial charge in [-0.1, -0.05) is 24.0 Å². The fourth-order valence-electron chi connectivity index (χ4n) is 5.85. The molecule has 1 aliphatic heterocycles. The van der Waals surface area contributed by atoms with Crippen molar-refractivity contribution in [2.24, 2.45) is 5.41 Å². The number of benzene rings is 2. The highest BCUT2D eigenvalue weighted by Crippen LogP contribution is 2.49. The van der Waals surface area contributed by atoms with E-state index in [0.29, 0.717) is 38.5 Å². The van der Waals surface area contributed by atoms with Gasteiger partial charge in [0.15, 0.2) is 0 Å². The van der Waals surface area contributed by atoms with Gasteiger partial charge in [-0.2, -0.15) is 13.2 Å². The Morgan fingerprint density at radius 2 is 1.92 bits per heavy atom. The predicted octanol–water partition coefficient (Wildman–Crippen LogP) is 6.23. The molecule has 3 aromatic rings. The zero-order valence-electron chi connectivity index (χ0n) is 22.5. The lowest BCUT2D eigenvalue weighted by molar-refractivity contribution is -0.126. The number of fused-ring (bicyclic) bond motifs is 1. The molecular weight excluding hydrogens is 542 g/mol. The van der Waals surface area contributed by atoms with Gasteiger partial charge in [-0.05, 0) is 73.8 Å². The monoisotopic (exact) mass is 575 g/mol. The first-order chi connectivity index (χ1) is 18.4. The molecule has 2 heterocycles. The average molecular weight is 576 g/mol. The molecule has 0 amide bonds. The van der Waals surface area contributed by atoms with Crippen LogP contribution in [0.1, 0.15) is 23.3 Å². The smallest absolute Gasteiger partial charge is 0.393 e. The van der Waals surface area contributed by atoms with E-state index in [1.165, 1.54) is 18.4 Å². The molecule has 1 aliphatic carbocycles. The van der Waals surface area contributed by atoms with Crippen molar-refractivity contribution < 1.29 is 22.5 Å². The van der Waals surface area contributed by atoms with E-state index in [0.717, 1.165) is 36.3 Å². The van der Waals surface area contributed by atoms with Crippen LogP contribution in [0.4, 0.5) is 24.5 Å². The molecule has 1 aromatic heterocycles. The first-order valence-electron chi connectivity index (χ1n) is 12.9. The van der Waals surface area contributed by atoms with E-state index in [1.54, 1.807) is 37.6 Å². The lowest BCUT2D eigenvalue weighted by Gasteiger charge is -2.58. The Balaban J connectivity index is 1.36. The summed E-state index contributed by atoms with van der Waals surface area (Å²) in [5.74, 6) is 6.54. The highest BCUT2D eigenvalue weighted by molar-refractivity contribution is 7.70. The molecule has 39 heavy (non-hydrogen) atoms. The summed E-state index contributed by atoms with van der Waals surface area (Å²) in [6.07, 6.45) is -3.18. The number of nitrogens with zero attached hydrogens (tertiary/aromatic N) is 1. The molecule has 0 radical (unpaired) electrons. The Morgan fingerprint density at radius 3 is 2.56 bits per heavy atom. The minimum atomic E-state index is -4.34. The van der Waals surface area contributed by atoms with Crippen LogP contribution in [0.3, 0.4) is 0 Å². The number of anilines is 2. The molecule has 0 bridgehead atoms. The van der Waals surface area contributed by atoms with Crippen molar-refractivity contribution in [2.45, 2.75) is 31.5 Å². The number of likely N-dealkylation sites (tertiary alicyclic amines) is 1. The molecule has 2 aromatic carbocycles. The van der Waals surface area contributed by atoms with E-state index in [2.05, 4.69) is 34.4 Å². The summed E-state index contributed by atoms with van der Waals surface area (Å²) >= 11 is 1.32. The van der Waals surface area contributed by atoms with Gasteiger partial charge in [0.2, 0.25) is 0 Å². The Hall–Kier alpha value is -2.66. The van der Waals surface area contributed by atoms with Crippen LogP contribution < -0.4 is 20.7 Å². The Labute approximate surface area is 231 Å². The quantitative estimate of drug-likeness (QED) is 0.258. The standard InChI is InChI=1S/C29H33F3N3O2PS/c1-35-17-28(18-35)14-19(15-28)34-24-8-5-7-21-22(16-29(30,31)32)26(39-27(21)24)9-6-12-33-23-11-10-20(38(3,4)36)13-25(23)37-2/h5,7-8,10-11,13,19,33-34H,12,14-18H2,1-4H3. The van der Waals surface area contributed by atoms with Gasteiger partial charge in [0.25, 0.3) is 0 Å². The molecule has 1 saturated heterocycles. The van der Waals surface area contributed by atoms with E-state index in [1.807, 2.05) is 12.1 Å². The van der Waals surface area contributed by atoms with Crippen LogP contribution in [0.2, 0.25) is 0 Å². The van der Waals surface area contributed by atoms with Crippen LogP contribution in [-0.4, -0.2) is 64.2 Å². The number of hydrogen-bond donors (Lipinski definition) is 2. The number of rotatable bonds is 7. The number of methoxy groups -OCH3 is 1. The molecule has 2 aliphatic rings. The third-order valence-electron chi connectivity index (χ3n) is 7.50. The molecule has 1 spiro atoms. The number of alkyl halides is 3. The summed E-state index contributed by atoms with van der Waals surface area (Å²) in [4.78, 5) is 2.75. The largest absolute Gasteiger partial charge is 0.495 e. The number of ether oxygens (including phenoxy) is 1. The fraction of sp³-hybridized carbons (Fsp3) is 0.448. The van der Waals surface area contributed by atoms with Gasteiger partial charge in [-0.3, -0.25) is 0 Å². The number of nitrogens with one attached hydrogen (secondary N) is 2. The summed E-state index contributed by atoms with van der Waals surface area (Å²) in [6, 6.07) is 11.2. The van der Waals surface area contributed by atoms with Crippen LogP contribution in [0, 0.1) is 17.3 Å². The van der Waals surface area contributed by atoms with Gasteiger partial charge in [-0.25, -0.2) is 0 Å². The van der Waals surface area contributed by atoms with Crippen LogP contribution in [0.15, 0.2) is 36.4 Å². The minimum Gasteiger partial charge on any atom is -0.495 e. The van der Waals surface area contributed by atoms with Crippen molar-refractivity contribution in [1.29, 1.82) is 0 Å². The molecule has 208 valence electrons. The lowest BCUT2D eigenvalue weighted by Crippen LogP contribution is -2.63. The topological polar surface area (TPSA) is 53.6 Å². The highest BCUT2D eigenvalue weighted by atomic mass is 32.1. The van der Waals surface area contributed by atoms with Gasteiger partial charge in [0, 0.05) is 24.4 Å². The van der Waals surface area contributed by atoms with Gasteiger partial charge >= 0.3 is 6.18 Å². The van der Waals surface area contributed by atoms with E-state index in [9.17, 15) is 17.7 Å². The van der Waals surface area contributed by atoms with Crippen LogP contribution in [0.25, 0.3) is 10.1 Å².